The molecule has 7 heteroatoms. The number of fused-ring (bicyclic) bond motifs is 1. The Balaban J connectivity index is 1.97. The Bertz CT molecular complexity index is 588. The molecule has 1 unspecified atom stereocenters. The maximum Gasteiger partial charge on any atom is 0.348 e. The van der Waals surface area contributed by atoms with Gasteiger partial charge in [0.25, 0.3) is 0 Å². The molecule has 7 nitrogen and oxygen atoms in total. The zero-order valence-corrected chi connectivity index (χ0v) is 9.33. The summed E-state index contributed by atoms with van der Waals surface area (Å²) in [7, 11) is 0. The molecular weight excluding hydrogens is 220 g/mol. The van der Waals surface area contributed by atoms with Gasteiger partial charge in [-0.05, 0) is 12.8 Å². The van der Waals surface area contributed by atoms with Crippen LogP contribution >= 0.6 is 0 Å². The smallest absolute Gasteiger partial charge is 0.348 e. The second-order valence-corrected chi connectivity index (χ2v) is 4.35. The number of piperidine rings is 1. The zero-order valence-electron chi connectivity index (χ0n) is 9.33. The summed E-state index contributed by atoms with van der Waals surface area (Å²) in [6, 6.07) is 2.00. The summed E-state index contributed by atoms with van der Waals surface area (Å²) in [4.78, 5) is 17.7. The molecular formula is C10H14N6O. The van der Waals surface area contributed by atoms with Crippen molar-refractivity contribution in [1.29, 1.82) is 0 Å². The molecule has 3 N–H and O–H groups in total. The Kier molecular flexibility index (Phi) is 2.32. The summed E-state index contributed by atoms with van der Waals surface area (Å²) in [5.41, 5.74) is 6.25. The van der Waals surface area contributed by atoms with Gasteiger partial charge in [0.05, 0.1) is 0 Å². The molecule has 1 aliphatic heterocycles. The van der Waals surface area contributed by atoms with E-state index >= 15 is 0 Å². The first kappa shape index (κ1) is 10.3. The monoisotopic (exact) mass is 234 g/mol. The van der Waals surface area contributed by atoms with Crippen LogP contribution in [0.3, 0.4) is 0 Å². The SMILES string of the molecule is NC1CCCN(c2cc3n[nH]c(=O)n3cn2)C1. The van der Waals surface area contributed by atoms with E-state index < -0.39 is 0 Å². The molecule has 0 radical (unpaired) electrons. The van der Waals surface area contributed by atoms with Gasteiger partial charge < -0.3 is 10.6 Å². The van der Waals surface area contributed by atoms with Crippen LogP contribution in [0.25, 0.3) is 5.65 Å². The Morgan fingerprint density at radius 2 is 2.41 bits per heavy atom. The molecule has 0 spiro atoms. The van der Waals surface area contributed by atoms with Crippen LogP contribution < -0.4 is 16.3 Å². The highest BCUT2D eigenvalue weighted by molar-refractivity contribution is 5.50. The van der Waals surface area contributed by atoms with E-state index in [2.05, 4.69) is 20.1 Å². The zero-order chi connectivity index (χ0) is 11.8. The van der Waals surface area contributed by atoms with Crippen molar-refractivity contribution in [2.75, 3.05) is 18.0 Å². The number of H-pyrrole nitrogens is 1. The molecule has 1 fully saturated rings. The maximum atomic E-state index is 11.3. The van der Waals surface area contributed by atoms with Gasteiger partial charge in [0.1, 0.15) is 12.1 Å². The number of hydrogen-bond donors (Lipinski definition) is 2. The maximum absolute atomic E-state index is 11.3. The van der Waals surface area contributed by atoms with Gasteiger partial charge >= 0.3 is 5.69 Å². The lowest BCUT2D eigenvalue weighted by Gasteiger charge is -2.31. The van der Waals surface area contributed by atoms with E-state index in [9.17, 15) is 4.79 Å². The second-order valence-electron chi connectivity index (χ2n) is 4.35. The van der Waals surface area contributed by atoms with Gasteiger partial charge in [0, 0.05) is 25.2 Å². The van der Waals surface area contributed by atoms with Crippen molar-refractivity contribution >= 4 is 11.5 Å². The van der Waals surface area contributed by atoms with Crippen LogP contribution in [-0.4, -0.2) is 38.7 Å². The van der Waals surface area contributed by atoms with E-state index in [0.29, 0.717) is 5.65 Å². The first-order valence-electron chi connectivity index (χ1n) is 5.67. The third-order valence-corrected chi connectivity index (χ3v) is 3.08. The van der Waals surface area contributed by atoms with Crippen molar-refractivity contribution in [2.45, 2.75) is 18.9 Å². The van der Waals surface area contributed by atoms with Crippen LogP contribution in [0.5, 0.6) is 0 Å². The normalized spacial score (nSPS) is 21.0. The lowest BCUT2D eigenvalue weighted by Crippen LogP contribution is -2.43. The van der Waals surface area contributed by atoms with E-state index in [0.717, 1.165) is 31.7 Å². The molecule has 90 valence electrons. The molecule has 2 aromatic rings. The quantitative estimate of drug-likeness (QED) is 0.683. The van der Waals surface area contributed by atoms with Crippen LogP contribution in [-0.2, 0) is 0 Å². The Morgan fingerprint density at radius 3 is 3.24 bits per heavy atom. The number of nitrogens with zero attached hydrogens (tertiary/aromatic N) is 4. The second kappa shape index (κ2) is 3.85. The first-order valence-corrected chi connectivity index (χ1v) is 5.67. The molecule has 0 amide bonds. The molecule has 0 bridgehead atoms. The van der Waals surface area contributed by atoms with Crippen LogP contribution in [0.4, 0.5) is 5.82 Å². The van der Waals surface area contributed by atoms with Crippen LogP contribution in [0.1, 0.15) is 12.8 Å². The molecule has 0 saturated carbocycles. The van der Waals surface area contributed by atoms with Gasteiger partial charge in [-0.3, -0.25) is 0 Å². The van der Waals surface area contributed by atoms with Gasteiger partial charge in [-0.25, -0.2) is 19.3 Å². The molecule has 3 heterocycles. The molecule has 0 aliphatic carbocycles. The Hall–Kier alpha value is -1.89. The van der Waals surface area contributed by atoms with E-state index in [1.54, 1.807) is 6.07 Å². The highest BCUT2D eigenvalue weighted by Gasteiger charge is 2.18. The number of aromatic amines is 1. The standard InChI is InChI=1S/C10H14N6O/c11-7-2-1-3-15(5-7)8-4-9-13-14-10(17)16(9)6-12-8/h4,6-7H,1-3,5,11H2,(H,14,17). The summed E-state index contributed by atoms with van der Waals surface area (Å²) in [6.45, 7) is 1.75. The van der Waals surface area contributed by atoms with E-state index in [4.69, 9.17) is 5.73 Å². The Morgan fingerprint density at radius 1 is 1.53 bits per heavy atom. The number of hydrogen-bond acceptors (Lipinski definition) is 5. The molecule has 1 aliphatic rings. The van der Waals surface area contributed by atoms with Gasteiger partial charge in [0.2, 0.25) is 0 Å². The highest BCUT2D eigenvalue weighted by Crippen LogP contribution is 2.17. The molecule has 1 saturated heterocycles. The van der Waals surface area contributed by atoms with Gasteiger partial charge in [-0.2, -0.15) is 5.10 Å². The predicted molar refractivity (Wildman–Crippen MR) is 63.0 cm³/mol. The molecule has 1 atom stereocenters. The highest BCUT2D eigenvalue weighted by atomic mass is 16.1. The minimum Gasteiger partial charge on any atom is -0.355 e. The fourth-order valence-electron chi connectivity index (χ4n) is 2.19. The summed E-state index contributed by atoms with van der Waals surface area (Å²) >= 11 is 0. The number of nitrogens with two attached hydrogens (primary N) is 1. The van der Waals surface area contributed by atoms with Gasteiger partial charge in [-0.1, -0.05) is 0 Å². The van der Waals surface area contributed by atoms with Crippen LogP contribution in [0.2, 0.25) is 0 Å². The van der Waals surface area contributed by atoms with Crippen LogP contribution in [0.15, 0.2) is 17.2 Å². The predicted octanol–water partition coefficient (Wildman–Crippen LogP) is -0.655. The molecule has 0 aromatic carbocycles. The first-order chi connectivity index (χ1) is 8.24. The summed E-state index contributed by atoms with van der Waals surface area (Å²) in [5, 5.41) is 6.31. The summed E-state index contributed by atoms with van der Waals surface area (Å²) in [5.74, 6) is 0.826. The van der Waals surface area contributed by atoms with Crippen molar-refractivity contribution in [2.24, 2.45) is 5.73 Å². The van der Waals surface area contributed by atoms with Crippen molar-refractivity contribution in [1.82, 2.24) is 19.6 Å². The molecule has 3 rings (SSSR count). The van der Waals surface area contributed by atoms with Crippen molar-refractivity contribution in [3.63, 3.8) is 0 Å². The average molecular weight is 234 g/mol. The lowest BCUT2D eigenvalue weighted by molar-refractivity contribution is 0.503. The van der Waals surface area contributed by atoms with E-state index in [-0.39, 0.29) is 11.7 Å². The van der Waals surface area contributed by atoms with Crippen molar-refractivity contribution < 1.29 is 0 Å². The lowest BCUT2D eigenvalue weighted by atomic mass is 10.1. The third kappa shape index (κ3) is 1.78. The average Bonchev–Trinajstić information content (AvgIpc) is 2.71. The summed E-state index contributed by atoms with van der Waals surface area (Å²) in [6.07, 6.45) is 3.62. The largest absolute Gasteiger partial charge is 0.355 e. The Labute approximate surface area is 97.3 Å². The van der Waals surface area contributed by atoms with E-state index in [1.807, 2.05) is 0 Å². The third-order valence-electron chi connectivity index (χ3n) is 3.08. The minimum absolute atomic E-state index is 0.197. The molecule has 17 heavy (non-hydrogen) atoms. The fourth-order valence-corrected chi connectivity index (χ4v) is 2.19. The van der Waals surface area contributed by atoms with Gasteiger partial charge in [0.15, 0.2) is 5.65 Å². The number of nitrogens with one attached hydrogen (secondary N) is 1. The number of rotatable bonds is 1. The van der Waals surface area contributed by atoms with Gasteiger partial charge in [-0.15, -0.1) is 0 Å². The minimum atomic E-state index is -0.269. The number of anilines is 1. The van der Waals surface area contributed by atoms with Crippen molar-refractivity contribution in [3.05, 3.63) is 22.9 Å². The molecule has 2 aromatic heterocycles. The topological polar surface area (TPSA) is 92.3 Å². The summed E-state index contributed by atoms with van der Waals surface area (Å²) < 4.78 is 1.38. The van der Waals surface area contributed by atoms with Crippen molar-refractivity contribution in [3.8, 4) is 0 Å². The fraction of sp³-hybridized carbons (Fsp3) is 0.500. The number of aromatic nitrogens is 4. The van der Waals surface area contributed by atoms with E-state index in [1.165, 1.54) is 10.7 Å². The van der Waals surface area contributed by atoms with Crippen LogP contribution in [0, 0.1) is 0 Å².